The lowest BCUT2D eigenvalue weighted by Crippen LogP contribution is -2.31. The van der Waals surface area contributed by atoms with Gasteiger partial charge in [0.25, 0.3) is 5.69 Å². The number of anilines is 2. The van der Waals surface area contributed by atoms with Crippen molar-refractivity contribution in [2.45, 2.75) is 13.0 Å². The van der Waals surface area contributed by atoms with E-state index < -0.39 is 11.0 Å². The summed E-state index contributed by atoms with van der Waals surface area (Å²) in [5.41, 5.74) is 3.20. The fraction of sp³-hybridized carbons (Fsp3) is 0.0952. The van der Waals surface area contributed by atoms with Gasteiger partial charge in [-0.15, -0.1) is 0 Å². The van der Waals surface area contributed by atoms with Crippen molar-refractivity contribution < 1.29 is 9.72 Å². The van der Waals surface area contributed by atoms with E-state index >= 15 is 0 Å². The number of hydrogen-bond donors (Lipinski definition) is 2. The van der Waals surface area contributed by atoms with Crippen LogP contribution in [0.15, 0.2) is 72.8 Å². The molecule has 2 N–H and O–H groups in total. The summed E-state index contributed by atoms with van der Waals surface area (Å²) in [4.78, 5) is 22.6. The molecule has 0 saturated heterocycles. The number of carbonyl (C=O) groups excluding carboxylic acids is 1. The molecule has 142 valence electrons. The third-order valence-corrected chi connectivity index (χ3v) is 4.50. The van der Waals surface area contributed by atoms with Gasteiger partial charge < -0.3 is 10.6 Å². The Balaban J connectivity index is 1.63. The number of benzene rings is 3. The molecule has 0 bridgehead atoms. The molecule has 6 nitrogen and oxygen atoms in total. The molecular formula is C21H18ClN3O3. The Morgan fingerprint density at radius 2 is 1.64 bits per heavy atom. The largest absolute Gasteiger partial charge is 0.374 e. The zero-order valence-corrected chi connectivity index (χ0v) is 15.8. The predicted octanol–water partition coefficient (Wildman–Crippen LogP) is 5.35. The van der Waals surface area contributed by atoms with Crippen LogP contribution in [0.1, 0.15) is 6.92 Å². The fourth-order valence-corrected chi connectivity index (χ4v) is 2.89. The van der Waals surface area contributed by atoms with Crippen LogP contribution < -0.4 is 10.6 Å². The highest BCUT2D eigenvalue weighted by atomic mass is 35.5. The van der Waals surface area contributed by atoms with Gasteiger partial charge in [0.1, 0.15) is 6.04 Å². The van der Waals surface area contributed by atoms with Gasteiger partial charge in [0.2, 0.25) is 5.91 Å². The Morgan fingerprint density at radius 3 is 2.25 bits per heavy atom. The average molecular weight is 396 g/mol. The molecule has 1 amide bonds. The number of rotatable bonds is 6. The van der Waals surface area contributed by atoms with Gasteiger partial charge >= 0.3 is 0 Å². The third-order valence-electron chi connectivity index (χ3n) is 4.19. The van der Waals surface area contributed by atoms with Crippen molar-refractivity contribution in [2.75, 3.05) is 10.6 Å². The van der Waals surface area contributed by atoms with E-state index in [-0.39, 0.29) is 16.6 Å². The van der Waals surface area contributed by atoms with E-state index in [4.69, 9.17) is 11.6 Å². The van der Waals surface area contributed by atoms with Crippen molar-refractivity contribution >= 4 is 34.6 Å². The van der Waals surface area contributed by atoms with Crippen LogP contribution in [0.2, 0.25) is 5.02 Å². The molecule has 0 radical (unpaired) electrons. The summed E-state index contributed by atoms with van der Waals surface area (Å²) in [7, 11) is 0. The number of nitrogens with zero attached hydrogens (tertiary/aromatic N) is 1. The standard InChI is InChI=1S/C21H18ClN3O3/c1-14(21(26)24-20-12-11-18(25(27)28)13-19(20)22)23-17-9-7-16(8-10-17)15-5-3-2-4-6-15/h2-14,23H,1H3,(H,24,26)/t14-/m0/s1. The van der Waals surface area contributed by atoms with E-state index in [0.29, 0.717) is 5.69 Å². The second-order valence-corrected chi connectivity index (χ2v) is 6.63. The van der Waals surface area contributed by atoms with Crippen molar-refractivity contribution in [3.63, 3.8) is 0 Å². The number of amides is 1. The zero-order chi connectivity index (χ0) is 20.1. The summed E-state index contributed by atoms with van der Waals surface area (Å²) in [5.74, 6) is -0.303. The minimum Gasteiger partial charge on any atom is -0.374 e. The van der Waals surface area contributed by atoms with Gasteiger partial charge in [0.15, 0.2) is 0 Å². The molecule has 0 aliphatic carbocycles. The summed E-state index contributed by atoms with van der Waals surface area (Å²) in [6.45, 7) is 1.72. The van der Waals surface area contributed by atoms with Crippen LogP contribution >= 0.6 is 11.6 Å². The number of nitrogens with one attached hydrogen (secondary N) is 2. The minimum absolute atomic E-state index is 0.113. The number of hydrogen-bond acceptors (Lipinski definition) is 4. The normalized spacial score (nSPS) is 11.5. The van der Waals surface area contributed by atoms with Crippen LogP contribution in [0.4, 0.5) is 17.1 Å². The van der Waals surface area contributed by atoms with Crippen molar-refractivity contribution in [2.24, 2.45) is 0 Å². The Hall–Kier alpha value is -3.38. The van der Waals surface area contributed by atoms with Crippen LogP contribution in [-0.4, -0.2) is 16.9 Å². The van der Waals surface area contributed by atoms with E-state index in [1.165, 1.54) is 18.2 Å². The van der Waals surface area contributed by atoms with Crippen molar-refractivity contribution in [1.29, 1.82) is 0 Å². The van der Waals surface area contributed by atoms with E-state index in [0.717, 1.165) is 16.8 Å². The molecule has 0 aliphatic rings. The first-order chi connectivity index (χ1) is 13.4. The summed E-state index contributed by atoms with van der Waals surface area (Å²) in [6, 6.07) is 21.2. The number of halogens is 1. The topological polar surface area (TPSA) is 84.3 Å². The monoisotopic (exact) mass is 395 g/mol. The maximum absolute atomic E-state index is 12.4. The lowest BCUT2D eigenvalue weighted by atomic mass is 10.1. The molecule has 1 atom stereocenters. The molecule has 28 heavy (non-hydrogen) atoms. The van der Waals surface area contributed by atoms with Gasteiger partial charge in [0, 0.05) is 17.8 Å². The predicted molar refractivity (Wildman–Crippen MR) is 112 cm³/mol. The van der Waals surface area contributed by atoms with Crippen LogP contribution in [0.25, 0.3) is 11.1 Å². The van der Waals surface area contributed by atoms with Crippen LogP contribution in [-0.2, 0) is 4.79 Å². The van der Waals surface area contributed by atoms with E-state index in [1.807, 2.05) is 54.6 Å². The number of nitro benzene ring substituents is 1. The summed E-state index contributed by atoms with van der Waals surface area (Å²) < 4.78 is 0. The maximum atomic E-state index is 12.4. The first-order valence-electron chi connectivity index (χ1n) is 8.61. The Morgan fingerprint density at radius 1 is 1.00 bits per heavy atom. The number of carbonyl (C=O) groups is 1. The van der Waals surface area contributed by atoms with Crippen molar-refractivity contribution in [3.05, 3.63) is 87.9 Å². The third kappa shape index (κ3) is 4.66. The van der Waals surface area contributed by atoms with Gasteiger partial charge in [0.05, 0.1) is 15.6 Å². The van der Waals surface area contributed by atoms with Crippen molar-refractivity contribution in [3.8, 4) is 11.1 Å². The Kier molecular flexibility index (Phi) is 5.91. The number of nitro groups is 1. The van der Waals surface area contributed by atoms with Gasteiger partial charge in [-0.25, -0.2) is 0 Å². The molecule has 3 aromatic rings. The molecular weight excluding hydrogens is 378 g/mol. The first kappa shape index (κ1) is 19.4. The molecule has 0 heterocycles. The smallest absolute Gasteiger partial charge is 0.271 e. The molecule has 0 spiro atoms. The van der Waals surface area contributed by atoms with Crippen molar-refractivity contribution in [1.82, 2.24) is 0 Å². The molecule has 0 aliphatic heterocycles. The second kappa shape index (κ2) is 8.54. The van der Waals surface area contributed by atoms with Gasteiger partial charge in [-0.05, 0) is 36.2 Å². The highest BCUT2D eigenvalue weighted by Crippen LogP contribution is 2.27. The SMILES string of the molecule is C[C@H](Nc1ccc(-c2ccccc2)cc1)C(=O)Nc1ccc([N+](=O)[O-])cc1Cl. The van der Waals surface area contributed by atoms with Gasteiger partial charge in [-0.2, -0.15) is 0 Å². The summed E-state index contributed by atoms with van der Waals surface area (Å²) in [6.07, 6.45) is 0. The van der Waals surface area contributed by atoms with Crippen LogP contribution in [0.3, 0.4) is 0 Å². The van der Waals surface area contributed by atoms with Gasteiger partial charge in [-0.3, -0.25) is 14.9 Å². The quantitative estimate of drug-likeness (QED) is 0.435. The summed E-state index contributed by atoms with van der Waals surface area (Å²) >= 11 is 6.02. The average Bonchev–Trinajstić information content (AvgIpc) is 2.70. The maximum Gasteiger partial charge on any atom is 0.271 e. The molecule has 7 heteroatoms. The highest BCUT2D eigenvalue weighted by Gasteiger charge is 2.16. The van der Waals surface area contributed by atoms with E-state index in [9.17, 15) is 14.9 Å². The lowest BCUT2D eigenvalue weighted by molar-refractivity contribution is -0.384. The Bertz CT molecular complexity index is 992. The van der Waals surface area contributed by atoms with Crippen LogP contribution in [0, 0.1) is 10.1 Å². The van der Waals surface area contributed by atoms with E-state index in [1.54, 1.807) is 6.92 Å². The molecule has 0 aromatic heterocycles. The summed E-state index contributed by atoms with van der Waals surface area (Å²) in [5, 5.41) is 16.7. The molecule has 3 aromatic carbocycles. The highest BCUT2D eigenvalue weighted by molar-refractivity contribution is 6.34. The van der Waals surface area contributed by atoms with Gasteiger partial charge in [-0.1, -0.05) is 54.1 Å². The molecule has 0 fully saturated rings. The lowest BCUT2D eigenvalue weighted by Gasteiger charge is -2.16. The van der Waals surface area contributed by atoms with Crippen LogP contribution in [0.5, 0.6) is 0 Å². The number of non-ortho nitro benzene ring substituents is 1. The molecule has 3 rings (SSSR count). The molecule has 0 unspecified atom stereocenters. The zero-order valence-electron chi connectivity index (χ0n) is 15.1. The van der Waals surface area contributed by atoms with E-state index in [2.05, 4.69) is 10.6 Å². The molecule has 0 saturated carbocycles. The Labute approximate surface area is 167 Å². The minimum atomic E-state index is -0.541. The first-order valence-corrected chi connectivity index (χ1v) is 8.98. The fourth-order valence-electron chi connectivity index (χ4n) is 2.66. The second-order valence-electron chi connectivity index (χ2n) is 6.22.